The second-order valence-electron chi connectivity index (χ2n) is 4.50. The van der Waals surface area contributed by atoms with Gasteiger partial charge in [-0.15, -0.1) is 0 Å². The maximum absolute atomic E-state index is 12.5. The van der Waals surface area contributed by atoms with Gasteiger partial charge < -0.3 is 5.11 Å². The van der Waals surface area contributed by atoms with Gasteiger partial charge in [0.15, 0.2) is 5.03 Å². The zero-order valence-corrected chi connectivity index (χ0v) is 12.1. The predicted octanol–water partition coefficient (Wildman–Crippen LogP) is 1.02. The van der Waals surface area contributed by atoms with Crippen molar-refractivity contribution in [2.75, 3.05) is 6.54 Å². The molecule has 0 unspecified atom stereocenters. The molecule has 1 aromatic rings. The van der Waals surface area contributed by atoms with Crippen molar-refractivity contribution < 1.29 is 13.5 Å². The average molecular weight is 275 g/mol. The molecule has 0 atom stereocenters. The lowest BCUT2D eigenvalue weighted by Gasteiger charge is -2.24. The lowest BCUT2D eigenvalue weighted by Crippen LogP contribution is -2.38. The van der Waals surface area contributed by atoms with Crippen molar-refractivity contribution in [3.05, 3.63) is 11.3 Å². The lowest BCUT2D eigenvalue weighted by molar-refractivity contribution is 0.276. The minimum atomic E-state index is -3.65. The van der Waals surface area contributed by atoms with Crippen LogP contribution in [0.1, 0.15) is 38.4 Å². The standard InChI is InChI=1S/C11H21N3O3S/c1-5-6-14(8(2)3)18(16,17)11-10(7-15)9(4)12-13-11/h8,15H,5-7H2,1-4H3,(H,12,13). The molecule has 0 fully saturated rings. The van der Waals surface area contributed by atoms with Crippen LogP contribution in [0.25, 0.3) is 0 Å². The maximum atomic E-state index is 12.5. The fourth-order valence-corrected chi connectivity index (χ4v) is 3.71. The van der Waals surface area contributed by atoms with Gasteiger partial charge in [-0.3, -0.25) is 5.10 Å². The van der Waals surface area contributed by atoms with Gasteiger partial charge in [0, 0.05) is 23.8 Å². The summed E-state index contributed by atoms with van der Waals surface area (Å²) in [5, 5.41) is 15.6. The predicted molar refractivity (Wildman–Crippen MR) is 68.6 cm³/mol. The maximum Gasteiger partial charge on any atom is 0.262 e. The van der Waals surface area contributed by atoms with E-state index in [9.17, 15) is 13.5 Å². The van der Waals surface area contributed by atoms with Gasteiger partial charge in [-0.05, 0) is 27.2 Å². The number of nitrogens with zero attached hydrogens (tertiary/aromatic N) is 2. The molecule has 0 spiro atoms. The average Bonchev–Trinajstić information content (AvgIpc) is 2.67. The van der Waals surface area contributed by atoms with Crippen molar-refractivity contribution in [2.45, 2.75) is 51.8 Å². The van der Waals surface area contributed by atoms with E-state index in [1.807, 2.05) is 20.8 Å². The summed E-state index contributed by atoms with van der Waals surface area (Å²) >= 11 is 0. The van der Waals surface area contributed by atoms with E-state index in [0.29, 0.717) is 17.8 Å². The van der Waals surface area contributed by atoms with Gasteiger partial charge in [-0.1, -0.05) is 6.92 Å². The van der Waals surface area contributed by atoms with E-state index in [4.69, 9.17) is 0 Å². The van der Waals surface area contributed by atoms with Crippen molar-refractivity contribution in [3.63, 3.8) is 0 Å². The molecule has 0 radical (unpaired) electrons. The Morgan fingerprint density at radius 1 is 1.44 bits per heavy atom. The van der Waals surface area contributed by atoms with E-state index < -0.39 is 10.0 Å². The summed E-state index contributed by atoms with van der Waals surface area (Å²) in [5.74, 6) is 0. The van der Waals surface area contributed by atoms with Gasteiger partial charge in [0.1, 0.15) is 0 Å². The second kappa shape index (κ2) is 5.81. The molecule has 6 nitrogen and oxygen atoms in total. The third-order valence-corrected chi connectivity index (χ3v) is 4.82. The van der Waals surface area contributed by atoms with Crippen molar-refractivity contribution in [3.8, 4) is 0 Å². The number of aryl methyl sites for hydroxylation is 1. The first kappa shape index (κ1) is 15.1. The van der Waals surface area contributed by atoms with E-state index in [2.05, 4.69) is 10.2 Å². The zero-order chi connectivity index (χ0) is 13.9. The Hall–Kier alpha value is -0.920. The first-order valence-corrected chi connectivity index (χ1v) is 7.46. The van der Waals surface area contributed by atoms with Gasteiger partial charge in [-0.2, -0.15) is 9.40 Å². The minimum Gasteiger partial charge on any atom is -0.392 e. The first-order valence-electron chi connectivity index (χ1n) is 6.02. The minimum absolute atomic E-state index is 0.0651. The third kappa shape index (κ3) is 2.73. The summed E-state index contributed by atoms with van der Waals surface area (Å²) in [4.78, 5) is 0. The highest BCUT2D eigenvalue weighted by Crippen LogP contribution is 2.22. The quantitative estimate of drug-likeness (QED) is 0.811. The van der Waals surface area contributed by atoms with Crippen LogP contribution in [-0.2, 0) is 16.6 Å². The lowest BCUT2D eigenvalue weighted by atomic mass is 10.3. The number of H-pyrrole nitrogens is 1. The van der Waals surface area contributed by atoms with Crippen LogP contribution in [0.15, 0.2) is 5.03 Å². The van der Waals surface area contributed by atoms with Crippen LogP contribution in [0.2, 0.25) is 0 Å². The van der Waals surface area contributed by atoms with Gasteiger partial charge in [0.2, 0.25) is 0 Å². The van der Waals surface area contributed by atoms with Crippen molar-refractivity contribution in [1.82, 2.24) is 14.5 Å². The molecule has 0 aliphatic heterocycles. The van der Waals surface area contributed by atoms with E-state index in [0.717, 1.165) is 6.42 Å². The van der Waals surface area contributed by atoms with Crippen molar-refractivity contribution >= 4 is 10.0 Å². The number of sulfonamides is 1. The molecule has 0 aliphatic rings. The second-order valence-corrected chi connectivity index (χ2v) is 6.31. The van der Waals surface area contributed by atoms with Gasteiger partial charge >= 0.3 is 0 Å². The molecular weight excluding hydrogens is 254 g/mol. The Bertz CT molecular complexity index is 494. The molecule has 7 heteroatoms. The van der Waals surface area contributed by atoms with Gasteiger partial charge in [0.25, 0.3) is 10.0 Å². The van der Waals surface area contributed by atoms with E-state index >= 15 is 0 Å². The summed E-state index contributed by atoms with van der Waals surface area (Å²) in [5.41, 5.74) is 0.924. The molecule has 18 heavy (non-hydrogen) atoms. The highest BCUT2D eigenvalue weighted by molar-refractivity contribution is 7.89. The smallest absolute Gasteiger partial charge is 0.262 e. The molecule has 0 amide bonds. The monoisotopic (exact) mass is 275 g/mol. The highest BCUT2D eigenvalue weighted by Gasteiger charge is 2.31. The Kier molecular flexibility index (Phi) is 4.89. The number of nitrogens with one attached hydrogen (secondary N) is 1. The molecule has 2 N–H and O–H groups in total. The number of aliphatic hydroxyl groups excluding tert-OH is 1. The SMILES string of the molecule is CCCN(C(C)C)S(=O)(=O)c1n[nH]c(C)c1CO. The van der Waals surface area contributed by atoms with Crippen LogP contribution in [0.4, 0.5) is 0 Å². The van der Waals surface area contributed by atoms with Crippen LogP contribution in [-0.4, -0.2) is 40.6 Å². The number of aromatic amines is 1. The molecule has 1 aromatic heterocycles. The molecule has 0 bridgehead atoms. The van der Waals surface area contributed by atoms with E-state index in [1.165, 1.54) is 4.31 Å². The Morgan fingerprint density at radius 3 is 2.50 bits per heavy atom. The van der Waals surface area contributed by atoms with Gasteiger partial charge in [-0.25, -0.2) is 8.42 Å². The first-order chi connectivity index (χ1) is 8.36. The molecule has 1 rings (SSSR count). The molecule has 0 aromatic carbocycles. The normalized spacial score (nSPS) is 12.6. The summed E-state index contributed by atoms with van der Waals surface area (Å²) in [6.07, 6.45) is 0.731. The fraction of sp³-hybridized carbons (Fsp3) is 0.727. The zero-order valence-electron chi connectivity index (χ0n) is 11.3. The Balaban J connectivity index is 3.26. The Morgan fingerprint density at radius 2 is 2.06 bits per heavy atom. The number of hydrogen-bond acceptors (Lipinski definition) is 4. The van der Waals surface area contributed by atoms with E-state index in [1.54, 1.807) is 6.92 Å². The van der Waals surface area contributed by atoms with Crippen molar-refractivity contribution in [1.29, 1.82) is 0 Å². The van der Waals surface area contributed by atoms with Crippen LogP contribution in [0.3, 0.4) is 0 Å². The molecular formula is C11H21N3O3S. The summed E-state index contributed by atoms with van der Waals surface area (Å²) in [7, 11) is -3.65. The molecule has 1 heterocycles. The third-order valence-electron chi connectivity index (χ3n) is 2.77. The van der Waals surface area contributed by atoms with Crippen LogP contribution < -0.4 is 0 Å². The largest absolute Gasteiger partial charge is 0.392 e. The number of aromatic nitrogens is 2. The molecule has 0 aliphatic carbocycles. The Labute approximate surface area is 108 Å². The van der Waals surface area contributed by atoms with E-state index in [-0.39, 0.29) is 17.7 Å². The summed E-state index contributed by atoms with van der Waals surface area (Å²) < 4.78 is 26.4. The number of hydrogen-bond donors (Lipinski definition) is 2. The van der Waals surface area contributed by atoms with Crippen molar-refractivity contribution in [2.24, 2.45) is 0 Å². The highest BCUT2D eigenvalue weighted by atomic mass is 32.2. The van der Waals surface area contributed by atoms with Gasteiger partial charge in [0.05, 0.1) is 6.61 Å². The van der Waals surface area contributed by atoms with Crippen LogP contribution >= 0.6 is 0 Å². The summed E-state index contributed by atoms with van der Waals surface area (Å²) in [6, 6.07) is -0.140. The number of rotatable bonds is 6. The van der Waals surface area contributed by atoms with Crippen LogP contribution in [0.5, 0.6) is 0 Å². The molecule has 0 saturated carbocycles. The number of aliphatic hydroxyl groups is 1. The van der Waals surface area contributed by atoms with Crippen LogP contribution in [0, 0.1) is 6.92 Å². The molecule has 0 saturated heterocycles. The molecule has 104 valence electrons. The topological polar surface area (TPSA) is 86.3 Å². The summed E-state index contributed by atoms with van der Waals surface area (Å²) in [6.45, 7) is 7.37. The fourth-order valence-electron chi connectivity index (χ4n) is 1.82.